The summed E-state index contributed by atoms with van der Waals surface area (Å²) in [6.07, 6.45) is 0.886. The number of amides is 1. The van der Waals surface area contributed by atoms with Gasteiger partial charge >= 0.3 is 0 Å². The molecule has 1 N–H and O–H groups in total. The highest BCUT2D eigenvalue weighted by Gasteiger charge is 2.19. The van der Waals surface area contributed by atoms with Crippen LogP contribution in [0.4, 0.5) is 0 Å². The molecule has 0 aliphatic carbocycles. The number of carbonyl (C=O) groups is 1. The van der Waals surface area contributed by atoms with E-state index in [2.05, 4.69) is 33.9 Å². The maximum absolute atomic E-state index is 12.0. The SMILES string of the molecule is CCC(C)(C)NC(=O)c1ccc(Br)cc1S. The lowest BCUT2D eigenvalue weighted by molar-refractivity contribution is 0.0908. The summed E-state index contributed by atoms with van der Waals surface area (Å²) in [6, 6.07) is 5.43. The molecule has 16 heavy (non-hydrogen) atoms. The Balaban J connectivity index is 2.89. The van der Waals surface area contributed by atoms with Crippen molar-refractivity contribution < 1.29 is 4.79 Å². The van der Waals surface area contributed by atoms with Crippen LogP contribution in [0.5, 0.6) is 0 Å². The Kier molecular flexibility index (Phi) is 4.44. The molecule has 2 nitrogen and oxygen atoms in total. The summed E-state index contributed by atoms with van der Waals surface area (Å²) in [4.78, 5) is 12.7. The number of hydrogen-bond donors (Lipinski definition) is 2. The number of thiol groups is 1. The molecule has 1 aromatic rings. The van der Waals surface area contributed by atoms with Crippen molar-refractivity contribution in [3.63, 3.8) is 0 Å². The molecule has 0 fully saturated rings. The van der Waals surface area contributed by atoms with Crippen LogP contribution in [0, 0.1) is 0 Å². The molecular formula is C12H16BrNOS. The molecule has 1 amide bonds. The minimum absolute atomic E-state index is 0.0793. The molecule has 0 heterocycles. The van der Waals surface area contributed by atoms with Crippen LogP contribution in [0.2, 0.25) is 0 Å². The molecule has 0 unspecified atom stereocenters. The fourth-order valence-corrected chi connectivity index (χ4v) is 2.01. The topological polar surface area (TPSA) is 29.1 Å². The van der Waals surface area contributed by atoms with E-state index >= 15 is 0 Å². The van der Waals surface area contributed by atoms with E-state index in [-0.39, 0.29) is 11.4 Å². The number of halogens is 1. The normalized spacial score (nSPS) is 11.3. The van der Waals surface area contributed by atoms with Gasteiger partial charge in [-0.1, -0.05) is 22.9 Å². The first-order chi connectivity index (χ1) is 7.35. The molecule has 0 saturated heterocycles. The van der Waals surface area contributed by atoms with Crippen molar-refractivity contribution in [2.75, 3.05) is 0 Å². The van der Waals surface area contributed by atoms with Crippen molar-refractivity contribution in [2.24, 2.45) is 0 Å². The van der Waals surface area contributed by atoms with E-state index < -0.39 is 0 Å². The Morgan fingerprint density at radius 2 is 2.12 bits per heavy atom. The average Bonchev–Trinajstić information content (AvgIpc) is 2.16. The van der Waals surface area contributed by atoms with E-state index in [9.17, 15) is 4.79 Å². The van der Waals surface area contributed by atoms with Gasteiger partial charge in [0.15, 0.2) is 0 Å². The predicted molar refractivity (Wildman–Crippen MR) is 73.2 cm³/mol. The fourth-order valence-electron chi connectivity index (χ4n) is 1.16. The lowest BCUT2D eigenvalue weighted by atomic mass is 10.0. The van der Waals surface area contributed by atoms with Crippen LogP contribution in [0.1, 0.15) is 37.6 Å². The van der Waals surface area contributed by atoms with Crippen LogP contribution in [-0.4, -0.2) is 11.4 Å². The minimum atomic E-state index is -0.190. The van der Waals surface area contributed by atoms with Crippen LogP contribution in [-0.2, 0) is 0 Å². The summed E-state index contributed by atoms with van der Waals surface area (Å²) < 4.78 is 0.920. The Bertz CT molecular complexity index is 404. The van der Waals surface area contributed by atoms with Crippen LogP contribution < -0.4 is 5.32 Å². The lowest BCUT2D eigenvalue weighted by Crippen LogP contribution is -2.42. The molecule has 1 aromatic carbocycles. The monoisotopic (exact) mass is 301 g/mol. The Morgan fingerprint density at radius 3 is 2.62 bits per heavy atom. The first kappa shape index (κ1) is 13.6. The van der Waals surface area contributed by atoms with E-state index in [0.29, 0.717) is 10.5 Å². The molecule has 0 aliphatic heterocycles. The third-order valence-corrected chi connectivity index (χ3v) is 3.40. The van der Waals surface area contributed by atoms with Gasteiger partial charge in [0, 0.05) is 14.9 Å². The van der Waals surface area contributed by atoms with Crippen LogP contribution >= 0.6 is 28.6 Å². The van der Waals surface area contributed by atoms with E-state index in [1.807, 2.05) is 32.9 Å². The van der Waals surface area contributed by atoms with E-state index in [1.165, 1.54) is 0 Å². The minimum Gasteiger partial charge on any atom is -0.347 e. The van der Waals surface area contributed by atoms with Gasteiger partial charge in [-0.15, -0.1) is 12.6 Å². The second-order valence-corrected chi connectivity index (χ2v) is 5.75. The third kappa shape index (κ3) is 3.52. The molecule has 0 bridgehead atoms. The molecule has 0 spiro atoms. The largest absolute Gasteiger partial charge is 0.347 e. The lowest BCUT2D eigenvalue weighted by Gasteiger charge is -2.24. The van der Waals surface area contributed by atoms with Gasteiger partial charge in [-0.25, -0.2) is 0 Å². The van der Waals surface area contributed by atoms with Crippen LogP contribution in [0.25, 0.3) is 0 Å². The zero-order valence-electron chi connectivity index (χ0n) is 9.67. The maximum atomic E-state index is 12.0. The van der Waals surface area contributed by atoms with Gasteiger partial charge in [0.1, 0.15) is 0 Å². The number of rotatable bonds is 3. The second kappa shape index (κ2) is 5.23. The summed E-state index contributed by atoms with van der Waals surface area (Å²) in [5.74, 6) is -0.0793. The molecule has 0 radical (unpaired) electrons. The number of nitrogens with one attached hydrogen (secondary N) is 1. The van der Waals surface area contributed by atoms with Gasteiger partial charge in [0.25, 0.3) is 5.91 Å². The van der Waals surface area contributed by atoms with Gasteiger partial charge in [-0.2, -0.15) is 0 Å². The highest BCUT2D eigenvalue weighted by Crippen LogP contribution is 2.20. The van der Waals surface area contributed by atoms with Gasteiger partial charge in [0.2, 0.25) is 0 Å². The van der Waals surface area contributed by atoms with Gasteiger partial charge in [0.05, 0.1) is 5.56 Å². The Hall–Kier alpha value is -0.480. The summed E-state index contributed by atoms with van der Waals surface area (Å²) >= 11 is 7.63. The van der Waals surface area contributed by atoms with Crippen molar-refractivity contribution in [1.82, 2.24) is 5.32 Å². The standard InChI is InChI=1S/C12H16BrNOS/c1-4-12(2,3)14-11(15)9-6-5-8(13)7-10(9)16/h5-7,16H,4H2,1-3H3,(H,14,15). The fraction of sp³-hybridized carbons (Fsp3) is 0.417. The second-order valence-electron chi connectivity index (χ2n) is 4.35. The number of carbonyl (C=O) groups excluding carboxylic acids is 1. The summed E-state index contributed by atoms with van der Waals surface area (Å²) in [6.45, 7) is 6.05. The summed E-state index contributed by atoms with van der Waals surface area (Å²) in [5, 5.41) is 2.98. The summed E-state index contributed by atoms with van der Waals surface area (Å²) in [5.41, 5.74) is 0.415. The van der Waals surface area contributed by atoms with E-state index in [4.69, 9.17) is 0 Å². The predicted octanol–water partition coefficient (Wildman–Crippen LogP) is 3.66. The highest BCUT2D eigenvalue weighted by atomic mass is 79.9. The molecule has 0 aliphatic rings. The summed E-state index contributed by atoms with van der Waals surface area (Å²) in [7, 11) is 0. The Morgan fingerprint density at radius 1 is 1.50 bits per heavy atom. The Labute approximate surface area is 110 Å². The number of hydrogen-bond acceptors (Lipinski definition) is 2. The van der Waals surface area contributed by atoms with Crippen LogP contribution in [0.15, 0.2) is 27.6 Å². The zero-order chi connectivity index (χ0) is 12.3. The van der Waals surface area contributed by atoms with Crippen molar-refractivity contribution in [2.45, 2.75) is 37.6 Å². The smallest absolute Gasteiger partial charge is 0.252 e. The molecule has 4 heteroatoms. The van der Waals surface area contributed by atoms with Crippen molar-refractivity contribution in [1.29, 1.82) is 0 Å². The quantitative estimate of drug-likeness (QED) is 0.820. The first-order valence-electron chi connectivity index (χ1n) is 5.17. The van der Waals surface area contributed by atoms with Gasteiger partial charge < -0.3 is 5.32 Å². The highest BCUT2D eigenvalue weighted by molar-refractivity contribution is 9.10. The molecule has 0 aromatic heterocycles. The van der Waals surface area contributed by atoms with Crippen molar-refractivity contribution >= 4 is 34.5 Å². The average molecular weight is 302 g/mol. The maximum Gasteiger partial charge on any atom is 0.252 e. The first-order valence-corrected chi connectivity index (χ1v) is 6.41. The van der Waals surface area contributed by atoms with E-state index in [1.54, 1.807) is 6.07 Å². The zero-order valence-corrected chi connectivity index (χ0v) is 12.2. The molecule has 0 saturated carbocycles. The molecule has 0 atom stereocenters. The third-order valence-electron chi connectivity index (χ3n) is 2.54. The molecule has 88 valence electrons. The van der Waals surface area contributed by atoms with Crippen molar-refractivity contribution in [3.05, 3.63) is 28.2 Å². The molecular weight excluding hydrogens is 286 g/mol. The van der Waals surface area contributed by atoms with Gasteiger partial charge in [-0.05, 0) is 38.5 Å². The van der Waals surface area contributed by atoms with Gasteiger partial charge in [-0.3, -0.25) is 4.79 Å². The number of benzene rings is 1. The molecule has 1 rings (SSSR count). The van der Waals surface area contributed by atoms with E-state index in [0.717, 1.165) is 10.9 Å². The van der Waals surface area contributed by atoms with Crippen molar-refractivity contribution in [3.8, 4) is 0 Å². The van der Waals surface area contributed by atoms with Crippen LogP contribution in [0.3, 0.4) is 0 Å².